The highest BCUT2D eigenvalue weighted by atomic mass is 35.5. The van der Waals surface area contributed by atoms with Crippen molar-refractivity contribution in [3.63, 3.8) is 0 Å². The summed E-state index contributed by atoms with van der Waals surface area (Å²) in [5.41, 5.74) is -2.02. The van der Waals surface area contributed by atoms with Crippen molar-refractivity contribution in [1.29, 1.82) is 0 Å². The first-order valence-electron chi connectivity index (χ1n) is 9.96. The number of nitrogens with one attached hydrogen (secondary N) is 1. The molecule has 0 spiro atoms. The second kappa shape index (κ2) is 8.75. The molecule has 2 heterocycles. The van der Waals surface area contributed by atoms with E-state index in [1.807, 2.05) is 0 Å². The highest BCUT2D eigenvalue weighted by Crippen LogP contribution is 2.44. The number of ether oxygens (including phenoxy) is 1. The molecule has 1 aromatic carbocycles. The van der Waals surface area contributed by atoms with Crippen LogP contribution in [0.15, 0.2) is 42.6 Å². The second-order valence-corrected chi connectivity index (χ2v) is 8.91. The van der Waals surface area contributed by atoms with E-state index in [1.165, 1.54) is 13.3 Å². The van der Waals surface area contributed by atoms with E-state index in [-0.39, 0.29) is 0 Å². The smallest absolute Gasteiger partial charge is 0.418 e. The molecule has 1 atom stereocenters. The zero-order valence-corrected chi connectivity index (χ0v) is 19.0. The number of anilines is 1. The van der Waals surface area contributed by atoms with Gasteiger partial charge in [-0.15, -0.1) is 0 Å². The molecule has 3 aromatic rings. The highest BCUT2D eigenvalue weighted by molar-refractivity contribution is 6.30. The van der Waals surface area contributed by atoms with Gasteiger partial charge in [0.1, 0.15) is 5.75 Å². The second-order valence-electron chi connectivity index (χ2n) is 8.47. The fourth-order valence-corrected chi connectivity index (χ4v) is 3.99. The van der Waals surface area contributed by atoms with Crippen molar-refractivity contribution in [1.82, 2.24) is 9.97 Å². The third-order valence-electron chi connectivity index (χ3n) is 5.47. The van der Waals surface area contributed by atoms with Crippen LogP contribution < -0.4 is 10.1 Å². The topological polar surface area (TPSA) is 67.3 Å². The molecular weight excluding hydrogens is 443 g/mol. The van der Waals surface area contributed by atoms with E-state index in [2.05, 4.69) is 15.3 Å². The summed E-state index contributed by atoms with van der Waals surface area (Å²) >= 11 is 6.00. The fraction of sp³-hybridized carbons (Fsp3) is 0.391. The van der Waals surface area contributed by atoms with Crippen molar-refractivity contribution in [2.45, 2.75) is 44.4 Å². The normalized spacial score (nSPS) is 14.3. The van der Waals surface area contributed by atoms with Crippen molar-refractivity contribution in [3.8, 4) is 5.75 Å². The first-order chi connectivity index (χ1) is 14.9. The van der Waals surface area contributed by atoms with Crippen LogP contribution in [0, 0.1) is 6.92 Å². The van der Waals surface area contributed by atoms with Crippen LogP contribution in [0.2, 0.25) is 5.02 Å². The molecule has 3 rings (SSSR count). The van der Waals surface area contributed by atoms with Gasteiger partial charge in [0, 0.05) is 28.0 Å². The van der Waals surface area contributed by atoms with Crippen LogP contribution in [0.25, 0.3) is 11.0 Å². The number of hydrogen-bond acceptors (Lipinski definition) is 5. The Morgan fingerprint density at radius 2 is 1.84 bits per heavy atom. The maximum absolute atomic E-state index is 14.1. The van der Waals surface area contributed by atoms with Crippen LogP contribution in [0.1, 0.15) is 31.5 Å². The van der Waals surface area contributed by atoms with Gasteiger partial charge in [0.15, 0.2) is 11.2 Å². The summed E-state index contributed by atoms with van der Waals surface area (Å²) in [6.07, 6.45) is -4.02. The van der Waals surface area contributed by atoms with Gasteiger partial charge in [0.25, 0.3) is 0 Å². The van der Waals surface area contributed by atoms with Crippen LogP contribution in [0.4, 0.5) is 18.9 Å². The number of nitrogens with zero attached hydrogens (tertiary/aromatic N) is 2. The summed E-state index contributed by atoms with van der Waals surface area (Å²) in [5, 5.41) is 14.6. The Bertz CT molecular complexity index is 1120. The van der Waals surface area contributed by atoms with Crippen LogP contribution in [0.3, 0.4) is 0 Å². The molecule has 0 aliphatic heterocycles. The van der Waals surface area contributed by atoms with Crippen molar-refractivity contribution >= 4 is 28.3 Å². The molecule has 172 valence electrons. The fourth-order valence-electron chi connectivity index (χ4n) is 3.83. The predicted octanol–water partition coefficient (Wildman–Crippen LogP) is 5.67. The number of aliphatic hydroxyl groups is 1. The Hall–Kier alpha value is -2.58. The first kappa shape index (κ1) is 24.1. The highest BCUT2D eigenvalue weighted by Gasteiger charge is 2.56. The Labute approximate surface area is 189 Å². The molecule has 1 unspecified atom stereocenters. The average molecular weight is 468 g/mol. The van der Waals surface area contributed by atoms with Gasteiger partial charge < -0.3 is 15.2 Å². The monoisotopic (exact) mass is 467 g/mol. The summed E-state index contributed by atoms with van der Waals surface area (Å²) in [7, 11) is 1.42. The standard InChI is InChI=1S/C23H25ClF3N3O2/c1-14-5-7-16-18(9-10-28-20(16)30-14)29-13-22(31,23(25,26)27)12-21(2,3)17-8-6-15(24)11-19(17)32-4/h5-11,31H,12-13H2,1-4H3,(H,28,29,30). The van der Waals surface area contributed by atoms with Crippen molar-refractivity contribution in [3.05, 3.63) is 58.9 Å². The van der Waals surface area contributed by atoms with E-state index in [9.17, 15) is 18.3 Å². The molecule has 0 fully saturated rings. The van der Waals surface area contributed by atoms with E-state index in [4.69, 9.17) is 16.3 Å². The summed E-state index contributed by atoms with van der Waals surface area (Å²) in [5.74, 6) is 0.363. The largest absolute Gasteiger partial charge is 0.496 e. The number of hydrogen-bond donors (Lipinski definition) is 2. The zero-order chi connectivity index (χ0) is 23.7. The Kier molecular flexibility index (Phi) is 6.58. The lowest BCUT2D eigenvalue weighted by atomic mass is 9.74. The third-order valence-corrected chi connectivity index (χ3v) is 5.70. The van der Waals surface area contributed by atoms with Crippen LogP contribution in [-0.4, -0.2) is 40.5 Å². The molecule has 0 radical (unpaired) electrons. The Morgan fingerprint density at radius 1 is 1.12 bits per heavy atom. The van der Waals surface area contributed by atoms with Gasteiger partial charge in [0.05, 0.1) is 13.7 Å². The van der Waals surface area contributed by atoms with Gasteiger partial charge in [-0.3, -0.25) is 0 Å². The summed E-state index contributed by atoms with van der Waals surface area (Å²) in [6.45, 7) is 4.31. The van der Waals surface area contributed by atoms with Gasteiger partial charge in [0.2, 0.25) is 0 Å². The number of aromatic nitrogens is 2. The zero-order valence-electron chi connectivity index (χ0n) is 18.2. The minimum atomic E-state index is -4.88. The molecule has 0 saturated carbocycles. The number of aryl methyl sites for hydroxylation is 1. The third kappa shape index (κ3) is 4.91. The SMILES string of the molecule is COc1cc(Cl)ccc1C(C)(C)CC(O)(CNc1ccnc2nc(C)ccc12)C(F)(F)F. The lowest BCUT2D eigenvalue weighted by Gasteiger charge is -2.38. The van der Waals surface area contributed by atoms with Crippen molar-refractivity contribution in [2.75, 3.05) is 19.0 Å². The summed E-state index contributed by atoms with van der Waals surface area (Å²) in [6, 6.07) is 9.80. The van der Waals surface area contributed by atoms with E-state index in [1.54, 1.807) is 57.2 Å². The van der Waals surface area contributed by atoms with Crippen LogP contribution in [-0.2, 0) is 5.41 Å². The minimum absolute atomic E-state index is 0.363. The minimum Gasteiger partial charge on any atom is -0.496 e. The maximum Gasteiger partial charge on any atom is 0.418 e. The number of methoxy groups -OCH3 is 1. The maximum atomic E-state index is 14.1. The molecule has 9 heteroatoms. The number of fused-ring (bicyclic) bond motifs is 1. The van der Waals surface area contributed by atoms with Gasteiger partial charge in [-0.1, -0.05) is 31.5 Å². The van der Waals surface area contributed by atoms with Crippen molar-refractivity contribution in [2.24, 2.45) is 0 Å². The summed E-state index contributed by atoms with van der Waals surface area (Å²) in [4.78, 5) is 8.45. The predicted molar refractivity (Wildman–Crippen MR) is 119 cm³/mol. The molecule has 0 saturated heterocycles. The van der Waals surface area contributed by atoms with Crippen molar-refractivity contribution < 1.29 is 23.0 Å². The molecule has 5 nitrogen and oxygen atoms in total. The van der Waals surface area contributed by atoms with E-state index >= 15 is 0 Å². The number of benzene rings is 1. The van der Waals surface area contributed by atoms with Gasteiger partial charge in [-0.25, -0.2) is 9.97 Å². The number of pyridine rings is 2. The average Bonchev–Trinajstić information content (AvgIpc) is 2.70. The van der Waals surface area contributed by atoms with E-state index in [0.29, 0.717) is 33.1 Å². The molecule has 2 aromatic heterocycles. The lowest BCUT2D eigenvalue weighted by molar-refractivity contribution is -0.260. The summed E-state index contributed by atoms with van der Waals surface area (Å²) < 4.78 is 47.6. The molecule has 0 aliphatic rings. The molecule has 32 heavy (non-hydrogen) atoms. The molecule has 0 bridgehead atoms. The van der Waals surface area contributed by atoms with Gasteiger partial charge >= 0.3 is 6.18 Å². The number of rotatable bonds is 7. The van der Waals surface area contributed by atoms with E-state index < -0.39 is 30.2 Å². The lowest BCUT2D eigenvalue weighted by Crippen LogP contribution is -2.53. The van der Waals surface area contributed by atoms with Gasteiger partial charge in [-0.05, 0) is 54.7 Å². The Balaban J connectivity index is 1.93. The first-order valence-corrected chi connectivity index (χ1v) is 10.3. The quantitative estimate of drug-likeness (QED) is 0.468. The van der Waals surface area contributed by atoms with E-state index in [0.717, 1.165) is 5.69 Å². The number of halogens is 4. The van der Waals surface area contributed by atoms with Crippen LogP contribution >= 0.6 is 11.6 Å². The number of alkyl halides is 3. The molecule has 2 N–H and O–H groups in total. The Morgan fingerprint density at radius 3 is 2.50 bits per heavy atom. The molecule has 0 amide bonds. The van der Waals surface area contributed by atoms with Crippen LogP contribution in [0.5, 0.6) is 5.75 Å². The van der Waals surface area contributed by atoms with Gasteiger partial charge in [-0.2, -0.15) is 13.2 Å². The molecule has 0 aliphatic carbocycles. The molecular formula is C23H25ClF3N3O2.